The van der Waals surface area contributed by atoms with Crippen LogP contribution in [-0.2, 0) is 17.8 Å². The third-order valence-corrected chi connectivity index (χ3v) is 4.43. The average molecular weight is 338 g/mol. The van der Waals surface area contributed by atoms with E-state index in [0.717, 1.165) is 35.6 Å². The fourth-order valence-corrected chi connectivity index (χ4v) is 3.14. The molecule has 0 bridgehead atoms. The zero-order valence-corrected chi connectivity index (χ0v) is 15.7. The predicted molar refractivity (Wildman–Crippen MR) is 100 cm³/mol. The lowest BCUT2D eigenvalue weighted by Gasteiger charge is -2.34. The number of anilines is 1. The summed E-state index contributed by atoms with van der Waals surface area (Å²) in [6, 6.07) is 9.99. The van der Waals surface area contributed by atoms with Crippen LogP contribution in [0.15, 0.2) is 30.3 Å². The van der Waals surface area contributed by atoms with Gasteiger partial charge >= 0.3 is 0 Å². The van der Waals surface area contributed by atoms with Crippen molar-refractivity contribution in [3.05, 3.63) is 41.6 Å². The normalized spacial score (nSPS) is 14.2. The van der Waals surface area contributed by atoms with Crippen molar-refractivity contribution in [2.75, 3.05) is 25.5 Å². The second kappa shape index (κ2) is 6.47. The predicted octanol–water partition coefficient (Wildman–Crippen LogP) is 3.14. The molecule has 0 spiro atoms. The van der Waals surface area contributed by atoms with Crippen molar-refractivity contribution in [1.29, 1.82) is 0 Å². The Morgan fingerprint density at radius 3 is 2.40 bits per heavy atom. The summed E-state index contributed by atoms with van der Waals surface area (Å²) in [5.74, 6) is 1.84. The summed E-state index contributed by atoms with van der Waals surface area (Å²) in [4.78, 5) is 26.2. The van der Waals surface area contributed by atoms with Crippen molar-refractivity contribution >= 4 is 11.7 Å². The number of nitrogens with zero attached hydrogens (tertiary/aromatic N) is 4. The van der Waals surface area contributed by atoms with Gasteiger partial charge in [-0.2, -0.15) is 0 Å². The SMILES string of the molecule is CN(C)c1nc(-c2ccccc2)nc2c1CCN(C(=O)C(C)(C)C)C2. The zero-order chi connectivity index (χ0) is 18.2. The fourth-order valence-electron chi connectivity index (χ4n) is 3.14. The van der Waals surface area contributed by atoms with Gasteiger partial charge in [-0.15, -0.1) is 0 Å². The van der Waals surface area contributed by atoms with E-state index in [1.807, 2.05) is 75.0 Å². The van der Waals surface area contributed by atoms with Crippen molar-refractivity contribution in [2.24, 2.45) is 5.41 Å². The summed E-state index contributed by atoms with van der Waals surface area (Å²) >= 11 is 0. The fraction of sp³-hybridized carbons (Fsp3) is 0.450. The molecule has 0 saturated heterocycles. The first-order chi connectivity index (χ1) is 11.8. The molecule has 0 aliphatic carbocycles. The molecule has 132 valence electrons. The Balaban J connectivity index is 2.03. The molecule has 0 N–H and O–H groups in total. The van der Waals surface area contributed by atoms with Gasteiger partial charge in [-0.25, -0.2) is 9.97 Å². The number of benzene rings is 1. The Morgan fingerprint density at radius 1 is 1.12 bits per heavy atom. The maximum Gasteiger partial charge on any atom is 0.228 e. The second-order valence-electron chi connectivity index (χ2n) is 7.78. The third kappa shape index (κ3) is 3.50. The molecular weight excluding hydrogens is 312 g/mol. The number of carbonyl (C=O) groups is 1. The lowest BCUT2D eigenvalue weighted by atomic mass is 9.93. The molecule has 0 fully saturated rings. The van der Waals surface area contributed by atoms with E-state index in [9.17, 15) is 4.79 Å². The molecular formula is C20H26N4O. The van der Waals surface area contributed by atoms with Crippen LogP contribution in [-0.4, -0.2) is 41.4 Å². The molecule has 0 saturated carbocycles. The van der Waals surface area contributed by atoms with E-state index < -0.39 is 0 Å². The van der Waals surface area contributed by atoms with Crippen LogP contribution >= 0.6 is 0 Å². The van der Waals surface area contributed by atoms with E-state index in [1.165, 1.54) is 0 Å². The number of rotatable bonds is 2. The molecule has 3 rings (SSSR count). The second-order valence-corrected chi connectivity index (χ2v) is 7.78. The quantitative estimate of drug-likeness (QED) is 0.844. The maximum atomic E-state index is 12.7. The smallest absolute Gasteiger partial charge is 0.228 e. The van der Waals surface area contributed by atoms with Crippen molar-refractivity contribution in [3.8, 4) is 11.4 Å². The van der Waals surface area contributed by atoms with Crippen molar-refractivity contribution in [2.45, 2.75) is 33.7 Å². The molecule has 2 aromatic rings. The molecule has 5 nitrogen and oxygen atoms in total. The summed E-state index contributed by atoms with van der Waals surface area (Å²) in [6.07, 6.45) is 0.791. The van der Waals surface area contributed by atoms with Crippen LogP contribution in [0.1, 0.15) is 32.0 Å². The largest absolute Gasteiger partial charge is 0.362 e. The average Bonchev–Trinajstić information content (AvgIpc) is 2.59. The molecule has 2 heterocycles. The van der Waals surface area contributed by atoms with Crippen LogP contribution < -0.4 is 4.90 Å². The van der Waals surface area contributed by atoms with Crippen LogP contribution in [0.3, 0.4) is 0 Å². The molecule has 0 atom stereocenters. The Kier molecular flexibility index (Phi) is 4.50. The highest BCUT2D eigenvalue weighted by Gasteiger charge is 2.31. The van der Waals surface area contributed by atoms with Gasteiger partial charge in [0, 0.05) is 37.2 Å². The Morgan fingerprint density at radius 2 is 1.80 bits per heavy atom. The van der Waals surface area contributed by atoms with Gasteiger partial charge in [0.15, 0.2) is 5.82 Å². The first-order valence-electron chi connectivity index (χ1n) is 8.69. The van der Waals surface area contributed by atoms with E-state index in [1.54, 1.807) is 0 Å². The summed E-state index contributed by atoms with van der Waals surface area (Å²) < 4.78 is 0. The lowest BCUT2D eigenvalue weighted by Crippen LogP contribution is -2.43. The third-order valence-electron chi connectivity index (χ3n) is 4.43. The minimum absolute atomic E-state index is 0.171. The monoisotopic (exact) mass is 338 g/mol. The minimum Gasteiger partial charge on any atom is -0.362 e. The lowest BCUT2D eigenvalue weighted by molar-refractivity contribution is -0.140. The molecule has 0 radical (unpaired) electrons. The number of amides is 1. The Bertz CT molecular complexity index is 778. The summed E-state index contributed by atoms with van der Waals surface area (Å²) in [5.41, 5.74) is 2.73. The Labute approximate surface area is 149 Å². The minimum atomic E-state index is -0.378. The number of hydrogen-bond acceptors (Lipinski definition) is 4. The van der Waals surface area contributed by atoms with E-state index in [0.29, 0.717) is 12.4 Å². The molecule has 1 aliphatic heterocycles. The van der Waals surface area contributed by atoms with Crippen molar-refractivity contribution < 1.29 is 4.79 Å². The van der Waals surface area contributed by atoms with Gasteiger partial charge in [-0.05, 0) is 6.42 Å². The molecule has 0 unspecified atom stereocenters. The van der Waals surface area contributed by atoms with Gasteiger partial charge in [0.1, 0.15) is 5.82 Å². The first kappa shape index (κ1) is 17.4. The van der Waals surface area contributed by atoms with Gasteiger partial charge in [0.2, 0.25) is 5.91 Å². The van der Waals surface area contributed by atoms with Gasteiger partial charge < -0.3 is 9.80 Å². The highest BCUT2D eigenvalue weighted by Crippen LogP contribution is 2.30. The van der Waals surface area contributed by atoms with E-state index in [2.05, 4.69) is 0 Å². The summed E-state index contributed by atoms with van der Waals surface area (Å²) in [5, 5.41) is 0. The number of fused-ring (bicyclic) bond motifs is 1. The van der Waals surface area contributed by atoms with Crippen LogP contribution in [0.4, 0.5) is 5.82 Å². The van der Waals surface area contributed by atoms with E-state index in [4.69, 9.17) is 9.97 Å². The van der Waals surface area contributed by atoms with Crippen LogP contribution in [0, 0.1) is 5.41 Å². The van der Waals surface area contributed by atoms with Crippen LogP contribution in [0.25, 0.3) is 11.4 Å². The van der Waals surface area contributed by atoms with Crippen molar-refractivity contribution in [1.82, 2.24) is 14.9 Å². The van der Waals surface area contributed by atoms with E-state index >= 15 is 0 Å². The Hall–Kier alpha value is -2.43. The first-order valence-corrected chi connectivity index (χ1v) is 8.69. The van der Waals surface area contributed by atoms with Crippen LogP contribution in [0.5, 0.6) is 0 Å². The molecule has 1 aromatic carbocycles. The topological polar surface area (TPSA) is 49.3 Å². The summed E-state index contributed by atoms with van der Waals surface area (Å²) in [7, 11) is 4.01. The number of hydrogen-bond donors (Lipinski definition) is 0. The van der Waals surface area contributed by atoms with Crippen LogP contribution in [0.2, 0.25) is 0 Å². The molecule has 5 heteroatoms. The van der Waals surface area contributed by atoms with Gasteiger partial charge in [-0.3, -0.25) is 4.79 Å². The zero-order valence-electron chi connectivity index (χ0n) is 15.7. The van der Waals surface area contributed by atoms with Gasteiger partial charge in [-0.1, -0.05) is 51.1 Å². The number of carbonyl (C=O) groups excluding carboxylic acids is 1. The number of aromatic nitrogens is 2. The molecule has 1 aromatic heterocycles. The highest BCUT2D eigenvalue weighted by molar-refractivity contribution is 5.82. The van der Waals surface area contributed by atoms with Crippen molar-refractivity contribution in [3.63, 3.8) is 0 Å². The van der Waals surface area contributed by atoms with E-state index in [-0.39, 0.29) is 11.3 Å². The molecule has 1 aliphatic rings. The van der Waals surface area contributed by atoms with Gasteiger partial charge in [0.05, 0.1) is 12.2 Å². The van der Waals surface area contributed by atoms with Gasteiger partial charge in [0.25, 0.3) is 0 Å². The maximum absolute atomic E-state index is 12.7. The highest BCUT2D eigenvalue weighted by atomic mass is 16.2. The standard InChI is InChI=1S/C20H26N4O/c1-20(2,3)19(25)24-12-11-15-16(13-24)21-17(22-18(15)23(4)5)14-9-7-6-8-10-14/h6-10H,11-13H2,1-5H3. The molecule has 1 amide bonds. The molecule has 25 heavy (non-hydrogen) atoms. The summed E-state index contributed by atoms with van der Waals surface area (Å²) in [6.45, 7) is 7.16.